The van der Waals surface area contributed by atoms with Gasteiger partial charge in [-0.25, -0.2) is 9.48 Å². The summed E-state index contributed by atoms with van der Waals surface area (Å²) in [4.78, 5) is 27.6. The number of benzene rings is 2. The first-order valence-corrected chi connectivity index (χ1v) is 12.2. The van der Waals surface area contributed by atoms with Crippen LogP contribution >= 0.6 is 23.2 Å². The van der Waals surface area contributed by atoms with Crippen LogP contribution in [0.15, 0.2) is 54.6 Å². The van der Waals surface area contributed by atoms with E-state index in [1.807, 2.05) is 50.2 Å². The lowest BCUT2D eigenvalue weighted by atomic mass is 9.92. The Morgan fingerprint density at radius 1 is 1.03 bits per heavy atom. The van der Waals surface area contributed by atoms with E-state index in [0.29, 0.717) is 28.1 Å². The first-order chi connectivity index (χ1) is 16.4. The highest BCUT2D eigenvalue weighted by atomic mass is 35.5. The van der Waals surface area contributed by atoms with Crippen LogP contribution in [-0.2, 0) is 10.2 Å². The number of rotatable bonds is 7. The number of carbonyl (C=O) groups excluding carboxylic acids is 2. The van der Waals surface area contributed by atoms with Gasteiger partial charge in [0, 0.05) is 23.0 Å². The maximum absolute atomic E-state index is 13.1. The highest BCUT2D eigenvalue weighted by Gasteiger charge is 2.24. The number of para-hydroxylation sites is 1. The average molecular weight is 516 g/mol. The molecule has 0 atom stereocenters. The summed E-state index contributed by atoms with van der Waals surface area (Å²) in [6.07, 6.45) is 0. The van der Waals surface area contributed by atoms with Gasteiger partial charge < -0.3 is 15.5 Å². The zero-order chi connectivity index (χ0) is 25.8. The molecule has 186 valence electrons. The van der Waals surface area contributed by atoms with Crippen LogP contribution in [0.3, 0.4) is 0 Å². The second-order valence-electron chi connectivity index (χ2n) is 9.79. The number of hydrogen-bond acceptors (Lipinski definition) is 3. The van der Waals surface area contributed by atoms with Gasteiger partial charge in [-0.3, -0.25) is 4.79 Å². The fraction of sp³-hybridized carbons (Fsp3) is 0.346. The van der Waals surface area contributed by atoms with Crippen LogP contribution in [-0.4, -0.2) is 39.7 Å². The molecular weight excluding hydrogens is 485 g/mol. The molecule has 0 saturated heterocycles. The summed E-state index contributed by atoms with van der Waals surface area (Å²) in [5, 5.41) is 11.2. The van der Waals surface area contributed by atoms with Crippen LogP contribution in [0.25, 0.3) is 5.69 Å². The van der Waals surface area contributed by atoms with Crippen molar-refractivity contribution in [3.63, 3.8) is 0 Å². The maximum Gasteiger partial charge on any atom is 0.322 e. The standard InChI is InChI=1S/C26H31Cl2N5O2/c1-17(2)15-32(25(35)29-21-12-11-18(27)13-20(21)28)16-24(34)30-23-14-22(26(3,4)5)31-33(23)19-9-7-6-8-10-19/h6-14,17H,15-16H2,1-5H3,(H,29,35)(H,30,34). The zero-order valence-corrected chi connectivity index (χ0v) is 22.1. The molecule has 9 heteroatoms. The molecular formula is C26H31Cl2N5O2. The molecule has 2 aromatic carbocycles. The minimum Gasteiger partial charge on any atom is -0.315 e. The third-order valence-electron chi connectivity index (χ3n) is 5.13. The fourth-order valence-corrected chi connectivity index (χ4v) is 3.86. The lowest BCUT2D eigenvalue weighted by Crippen LogP contribution is -2.42. The number of halogens is 2. The average Bonchev–Trinajstić information content (AvgIpc) is 3.19. The first-order valence-electron chi connectivity index (χ1n) is 11.4. The molecule has 0 spiro atoms. The normalized spacial score (nSPS) is 11.4. The summed E-state index contributed by atoms with van der Waals surface area (Å²) < 4.78 is 1.71. The minimum atomic E-state index is -0.426. The van der Waals surface area contributed by atoms with Crippen molar-refractivity contribution < 1.29 is 9.59 Å². The van der Waals surface area contributed by atoms with Gasteiger partial charge in [-0.15, -0.1) is 0 Å². The maximum atomic E-state index is 13.1. The van der Waals surface area contributed by atoms with Gasteiger partial charge in [0.2, 0.25) is 5.91 Å². The van der Waals surface area contributed by atoms with Crippen molar-refractivity contribution in [3.05, 3.63) is 70.3 Å². The van der Waals surface area contributed by atoms with Gasteiger partial charge in [0.05, 0.1) is 22.1 Å². The number of nitrogens with zero attached hydrogens (tertiary/aromatic N) is 3. The number of hydrogen-bond donors (Lipinski definition) is 2. The van der Waals surface area contributed by atoms with Crippen LogP contribution in [0.1, 0.15) is 40.3 Å². The van der Waals surface area contributed by atoms with Crippen molar-refractivity contribution in [2.45, 2.75) is 40.0 Å². The molecule has 3 amide bonds. The predicted molar refractivity (Wildman–Crippen MR) is 143 cm³/mol. The molecule has 3 rings (SSSR count). The van der Waals surface area contributed by atoms with E-state index in [1.165, 1.54) is 4.90 Å². The summed E-state index contributed by atoms with van der Waals surface area (Å²) in [6, 6.07) is 15.8. The van der Waals surface area contributed by atoms with Crippen molar-refractivity contribution in [1.82, 2.24) is 14.7 Å². The van der Waals surface area contributed by atoms with E-state index in [1.54, 1.807) is 22.9 Å². The topological polar surface area (TPSA) is 79.3 Å². The van der Waals surface area contributed by atoms with Crippen LogP contribution < -0.4 is 10.6 Å². The molecule has 35 heavy (non-hydrogen) atoms. The number of urea groups is 1. The zero-order valence-electron chi connectivity index (χ0n) is 20.6. The van der Waals surface area contributed by atoms with E-state index in [2.05, 4.69) is 31.4 Å². The lowest BCUT2D eigenvalue weighted by Gasteiger charge is -2.24. The Hall–Kier alpha value is -3.03. The number of amides is 3. The predicted octanol–water partition coefficient (Wildman–Crippen LogP) is 6.61. The van der Waals surface area contributed by atoms with Gasteiger partial charge in [-0.2, -0.15) is 5.10 Å². The summed E-state index contributed by atoms with van der Waals surface area (Å²) >= 11 is 12.2. The van der Waals surface area contributed by atoms with E-state index in [0.717, 1.165) is 11.4 Å². The van der Waals surface area contributed by atoms with Crippen molar-refractivity contribution in [1.29, 1.82) is 0 Å². The van der Waals surface area contributed by atoms with E-state index < -0.39 is 6.03 Å². The second kappa shape index (κ2) is 11.1. The van der Waals surface area contributed by atoms with E-state index in [4.69, 9.17) is 28.3 Å². The first kappa shape index (κ1) is 26.6. The smallest absolute Gasteiger partial charge is 0.315 e. The molecule has 0 aliphatic rings. The molecule has 0 unspecified atom stereocenters. The molecule has 0 aliphatic heterocycles. The lowest BCUT2D eigenvalue weighted by molar-refractivity contribution is -0.116. The highest BCUT2D eigenvalue weighted by molar-refractivity contribution is 6.36. The van der Waals surface area contributed by atoms with Crippen molar-refractivity contribution in [3.8, 4) is 5.69 Å². The third kappa shape index (κ3) is 7.23. The second-order valence-corrected chi connectivity index (χ2v) is 10.6. The van der Waals surface area contributed by atoms with Gasteiger partial charge in [0.15, 0.2) is 0 Å². The molecule has 2 N–H and O–H groups in total. The summed E-state index contributed by atoms with van der Waals surface area (Å²) in [6.45, 7) is 10.4. The molecule has 0 radical (unpaired) electrons. The molecule has 1 heterocycles. The Balaban J connectivity index is 1.81. The monoisotopic (exact) mass is 515 g/mol. The third-order valence-corrected chi connectivity index (χ3v) is 5.67. The van der Waals surface area contributed by atoms with E-state index >= 15 is 0 Å². The Morgan fingerprint density at radius 3 is 2.31 bits per heavy atom. The van der Waals surface area contributed by atoms with E-state index in [-0.39, 0.29) is 23.8 Å². The van der Waals surface area contributed by atoms with Crippen LogP contribution in [0.2, 0.25) is 10.0 Å². The molecule has 0 bridgehead atoms. The Morgan fingerprint density at radius 2 is 1.71 bits per heavy atom. The van der Waals surface area contributed by atoms with Gasteiger partial charge in [-0.05, 0) is 36.2 Å². The molecule has 0 saturated carbocycles. The quantitative estimate of drug-likeness (QED) is 0.371. The highest BCUT2D eigenvalue weighted by Crippen LogP contribution is 2.27. The molecule has 0 aliphatic carbocycles. The largest absolute Gasteiger partial charge is 0.322 e. The summed E-state index contributed by atoms with van der Waals surface area (Å²) in [5.74, 6) is 0.355. The molecule has 1 aromatic heterocycles. The van der Waals surface area contributed by atoms with Crippen molar-refractivity contribution >= 4 is 46.6 Å². The Labute approximate surface area is 216 Å². The van der Waals surface area contributed by atoms with E-state index in [9.17, 15) is 9.59 Å². The van der Waals surface area contributed by atoms with Crippen LogP contribution in [0, 0.1) is 5.92 Å². The molecule has 7 nitrogen and oxygen atoms in total. The van der Waals surface area contributed by atoms with Gasteiger partial charge in [-0.1, -0.05) is 76.0 Å². The number of carbonyl (C=O) groups is 2. The Bertz CT molecular complexity index is 1190. The number of anilines is 2. The Kier molecular flexibility index (Phi) is 8.46. The summed E-state index contributed by atoms with van der Waals surface area (Å²) in [5.41, 5.74) is 1.88. The molecule has 3 aromatic rings. The van der Waals surface area contributed by atoms with Crippen molar-refractivity contribution in [2.24, 2.45) is 5.92 Å². The van der Waals surface area contributed by atoms with Gasteiger partial charge >= 0.3 is 6.03 Å². The molecule has 0 fully saturated rings. The number of aromatic nitrogens is 2. The SMILES string of the molecule is CC(C)CN(CC(=O)Nc1cc(C(C)(C)C)nn1-c1ccccc1)C(=O)Nc1ccc(Cl)cc1Cl. The van der Waals surface area contributed by atoms with Gasteiger partial charge in [0.25, 0.3) is 0 Å². The van der Waals surface area contributed by atoms with Crippen molar-refractivity contribution in [2.75, 3.05) is 23.7 Å². The minimum absolute atomic E-state index is 0.139. The number of nitrogens with one attached hydrogen (secondary N) is 2. The van der Waals surface area contributed by atoms with Crippen LogP contribution in [0.5, 0.6) is 0 Å². The van der Waals surface area contributed by atoms with Crippen LogP contribution in [0.4, 0.5) is 16.3 Å². The van der Waals surface area contributed by atoms with Gasteiger partial charge in [0.1, 0.15) is 12.4 Å². The fourth-order valence-electron chi connectivity index (χ4n) is 3.40. The summed E-state index contributed by atoms with van der Waals surface area (Å²) in [7, 11) is 0.